The van der Waals surface area contributed by atoms with Crippen LogP contribution in [-0.2, 0) is 0 Å². The van der Waals surface area contributed by atoms with E-state index < -0.39 is 5.97 Å². The van der Waals surface area contributed by atoms with Gasteiger partial charge in [-0.05, 0) is 50.2 Å². The third-order valence-electron chi connectivity index (χ3n) is 4.20. The van der Waals surface area contributed by atoms with E-state index in [1.807, 2.05) is 44.2 Å². The van der Waals surface area contributed by atoms with Crippen molar-refractivity contribution in [3.63, 3.8) is 0 Å². The molecule has 26 heavy (non-hydrogen) atoms. The molecule has 0 saturated carbocycles. The first-order valence-electron chi connectivity index (χ1n) is 8.48. The molecular formula is C21H20N2O3. The van der Waals surface area contributed by atoms with E-state index in [-0.39, 0.29) is 5.78 Å². The van der Waals surface area contributed by atoms with Crippen molar-refractivity contribution in [3.8, 4) is 11.4 Å². The van der Waals surface area contributed by atoms with Gasteiger partial charge in [-0.15, -0.1) is 0 Å². The van der Waals surface area contributed by atoms with Crippen LogP contribution in [0.2, 0.25) is 0 Å². The molecule has 0 fully saturated rings. The van der Waals surface area contributed by atoms with Crippen LogP contribution < -0.4 is 4.74 Å². The highest BCUT2D eigenvalue weighted by molar-refractivity contribution is 5.96. The van der Waals surface area contributed by atoms with Crippen LogP contribution in [0.25, 0.3) is 5.69 Å². The summed E-state index contributed by atoms with van der Waals surface area (Å²) in [7, 11) is 0. The van der Waals surface area contributed by atoms with Crippen molar-refractivity contribution in [1.82, 2.24) is 9.78 Å². The molecule has 2 aromatic carbocycles. The van der Waals surface area contributed by atoms with Gasteiger partial charge in [0.1, 0.15) is 11.3 Å². The zero-order valence-corrected chi connectivity index (χ0v) is 15.0. The first-order valence-corrected chi connectivity index (χ1v) is 8.48. The largest absolute Gasteiger partial charge is 0.423 e. The second kappa shape index (κ2) is 7.35. The summed E-state index contributed by atoms with van der Waals surface area (Å²) in [5.41, 5.74) is 3.26. The molecule has 1 heterocycles. The summed E-state index contributed by atoms with van der Waals surface area (Å²) in [6, 6.07) is 16.2. The van der Waals surface area contributed by atoms with Gasteiger partial charge >= 0.3 is 5.97 Å². The molecule has 0 atom stereocenters. The number of aryl methyl sites for hydroxylation is 1. The lowest BCUT2D eigenvalue weighted by atomic mass is 10.1. The summed E-state index contributed by atoms with van der Waals surface area (Å²) in [4.78, 5) is 24.3. The molecule has 0 spiro atoms. The van der Waals surface area contributed by atoms with Crippen LogP contribution in [0, 0.1) is 13.8 Å². The number of rotatable bonds is 5. The molecule has 0 N–H and O–H groups in total. The molecule has 0 amide bonds. The van der Waals surface area contributed by atoms with Gasteiger partial charge < -0.3 is 4.74 Å². The third-order valence-corrected chi connectivity index (χ3v) is 4.20. The maximum Gasteiger partial charge on any atom is 0.347 e. The Bertz CT molecular complexity index is 941. The van der Waals surface area contributed by atoms with E-state index in [0.717, 1.165) is 11.4 Å². The van der Waals surface area contributed by atoms with Crippen LogP contribution in [0.3, 0.4) is 0 Å². The zero-order valence-electron chi connectivity index (χ0n) is 15.0. The minimum absolute atomic E-state index is 0.0544. The minimum Gasteiger partial charge on any atom is -0.423 e. The van der Waals surface area contributed by atoms with Gasteiger partial charge in [0.15, 0.2) is 5.78 Å². The number of benzene rings is 2. The van der Waals surface area contributed by atoms with E-state index in [2.05, 4.69) is 5.10 Å². The Balaban J connectivity index is 1.84. The van der Waals surface area contributed by atoms with Crippen molar-refractivity contribution in [2.75, 3.05) is 0 Å². The Morgan fingerprint density at radius 3 is 2.27 bits per heavy atom. The number of ether oxygens (including phenoxy) is 1. The van der Waals surface area contributed by atoms with E-state index in [1.165, 1.54) is 0 Å². The highest BCUT2D eigenvalue weighted by atomic mass is 16.5. The van der Waals surface area contributed by atoms with Crippen molar-refractivity contribution < 1.29 is 14.3 Å². The lowest BCUT2D eigenvalue weighted by Gasteiger charge is -2.07. The van der Waals surface area contributed by atoms with Crippen LogP contribution in [-0.4, -0.2) is 21.5 Å². The average Bonchev–Trinajstić information content (AvgIpc) is 2.96. The van der Waals surface area contributed by atoms with Crippen molar-refractivity contribution in [2.24, 2.45) is 0 Å². The van der Waals surface area contributed by atoms with Gasteiger partial charge in [0.05, 0.1) is 17.1 Å². The number of hydrogen-bond acceptors (Lipinski definition) is 4. The highest BCUT2D eigenvalue weighted by Crippen LogP contribution is 2.21. The Hall–Kier alpha value is -3.21. The molecule has 3 rings (SSSR count). The number of nitrogens with zero attached hydrogens (tertiary/aromatic N) is 2. The maximum absolute atomic E-state index is 12.6. The van der Waals surface area contributed by atoms with E-state index >= 15 is 0 Å². The number of carbonyl (C=O) groups is 2. The number of aromatic nitrogens is 2. The molecule has 5 heteroatoms. The molecule has 0 aliphatic carbocycles. The van der Waals surface area contributed by atoms with Gasteiger partial charge in [0.2, 0.25) is 0 Å². The number of carbonyl (C=O) groups excluding carboxylic acids is 2. The number of esters is 1. The van der Waals surface area contributed by atoms with Crippen molar-refractivity contribution in [3.05, 3.63) is 77.1 Å². The lowest BCUT2D eigenvalue weighted by Crippen LogP contribution is -2.11. The van der Waals surface area contributed by atoms with Crippen LogP contribution >= 0.6 is 0 Å². The first kappa shape index (κ1) is 17.6. The topological polar surface area (TPSA) is 61.2 Å². The van der Waals surface area contributed by atoms with Gasteiger partial charge in [-0.1, -0.05) is 25.1 Å². The van der Waals surface area contributed by atoms with Crippen molar-refractivity contribution in [1.29, 1.82) is 0 Å². The molecule has 132 valence electrons. The fourth-order valence-corrected chi connectivity index (χ4v) is 2.83. The van der Waals surface area contributed by atoms with Gasteiger partial charge in [0, 0.05) is 12.0 Å². The highest BCUT2D eigenvalue weighted by Gasteiger charge is 2.21. The number of para-hydroxylation sites is 1. The minimum atomic E-state index is -0.461. The Labute approximate surface area is 152 Å². The summed E-state index contributed by atoms with van der Waals surface area (Å²) in [5.74, 6) is -0.00985. The van der Waals surface area contributed by atoms with Gasteiger partial charge in [-0.3, -0.25) is 4.79 Å². The monoisotopic (exact) mass is 348 g/mol. The standard InChI is InChI=1S/C21H20N2O3/c1-4-19(24)16-10-12-18(13-11-16)26-21(25)20-14(2)22-23(15(20)3)17-8-6-5-7-9-17/h5-13H,4H2,1-3H3. The second-order valence-electron chi connectivity index (χ2n) is 5.98. The maximum atomic E-state index is 12.6. The van der Waals surface area contributed by atoms with E-state index in [1.54, 1.807) is 35.9 Å². The average molecular weight is 348 g/mol. The third kappa shape index (κ3) is 3.42. The lowest BCUT2D eigenvalue weighted by molar-refractivity contribution is 0.0733. The molecule has 0 bridgehead atoms. The molecule has 1 aromatic heterocycles. The van der Waals surface area contributed by atoms with E-state index in [4.69, 9.17) is 4.74 Å². The summed E-state index contributed by atoms with van der Waals surface area (Å²) >= 11 is 0. The molecule has 0 saturated heterocycles. The Kier molecular flexibility index (Phi) is 4.98. The Morgan fingerprint density at radius 1 is 1.00 bits per heavy atom. The molecule has 0 aliphatic heterocycles. The summed E-state index contributed by atoms with van der Waals surface area (Å²) in [6.07, 6.45) is 0.441. The molecule has 5 nitrogen and oxygen atoms in total. The summed E-state index contributed by atoms with van der Waals surface area (Å²) in [5, 5.41) is 4.46. The molecule has 0 radical (unpaired) electrons. The smallest absolute Gasteiger partial charge is 0.347 e. The molecule has 0 unspecified atom stereocenters. The molecule has 3 aromatic rings. The summed E-state index contributed by atoms with van der Waals surface area (Å²) in [6.45, 7) is 5.44. The number of hydrogen-bond donors (Lipinski definition) is 0. The Morgan fingerprint density at radius 2 is 1.65 bits per heavy atom. The number of Topliss-reactive ketones (excluding diaryl/α,β-unsaturated/α-hetero) is 1. The van der Waals surface area contributed by atoms with Gasteiger partial charge in [0.25, 0.3) is 0 Å². The van der Waals surface area contributed by atoms with E-state index in [9.17, 15) is 9.59 Å². The van der Waals surface area contributed by atoms with Gasteiger partial charge in [-0.2, -0.15) is 5.10 Å². The van der Waals surface area contributed by atoms with Gasteiger partial charge in [-0.25, -0.2) is 9.48 Å². The van der Waals surface area contributed by atoms with Crippen LogP contribution in [0.15, 0.2) is 54.6 Å². The predicted octanol–water partition coefficient (Wildman–Crippen LogP) is 4.30. The van der Waals surface area contributed by atoms with Crippen LogP contribution in [0.5, 0.6) is 5.75 Å². The predicted molar refractivity (Wildman–Crippen MR) is 99.1 cm³/mol. The second-order valence-corrected chi connectivity index (χ2v) is 5.98. The first-order chi connectivity index (χ1) is 12.5. The quantitative estimate of drug-likeness (QED) is 0.392. The zero-order chi connectivity index (χ0) is 18.7. The normalized spacial score (nSPS) is 10.6. The summed E-state index contributed by atoms with van der Waals surface area (Å²) < 4.78 is 7.21. The van der Waals surface area contributed by atoms with E-state index in [0.29, 0.717) is 29.0 Å². The fourth-order valence-electron chi connectivity index (χ4n) is 2.83. The molecular weight excluding hydrogens is 328 g/mol. The van der Waals surface area contributed by atoms with Crippen molar-refractivity contribution >= 4 is 11.8 Å². The van der Waals surface area contributed by atoms with Crippen LogP contribution in [0.4, 0.5) is 0 Å². The fraction of sp³-hybridized carbons (Fsp3) is 0.190. The SMILES string of the molecule is CCC(=O)c1ccc(OC(=O)c2c(C)nn(-c3ccccc3)c2C)cc1. The van der Waals surface area contributed by atoms with Crippen LogP contribution in [0.1, 0.15) is 45.4 Å². The van der Waals surface area contributed by atoms with Crippen molar-refractivity contribution in [2.45, 2.75) is 27.2 Å². The molecule has 0 aliphatic rings. The number of ketones is 1.